The van der Waals surface area contributed by atoms with E-state index >= 15 is 0 Å². The molecule has 4 nitrogen and oxygen atoms in total. The molecule has 1 aromatic carbocycles. The molecule has 2 amide bonds. The number of likely N-dealkylation sites (N-methyl/N-ethyl adjacent to an activating group) is 1. The van der Waals surface area contributed by atoms with Crippen molar-refractivity contribution in [2.45, 2.75) is 38.5 Å². The van der Waals surface area contributed by atoms with Gasteiger partial charge in [0.25, 0.3) is 0 Å². The smallest absolute Gasteiger partial charge is 0.239 e. The second-order valence-electron chi connectivity index (χ2n) is 5.98. The highest BCUT2D eigenvalue weighted by atomic mass is 16.2. The van der Waals surface area contributed by atoms with Crippen molar-refractivity contribution in [1.29, 1.82) is 0 Å². The molecule has 0 aromatic heterocycles. The maximum Gasteiger partial charge on any atom is 0.239 e. The molecule has 0 radical (unpaired) electrons. The third-order valence-electron chi connectivity index (χ3n) is 4.93. The van der Waals surface area contributed by atoms with E-state index in [-0.39, 0.29) is 11.8 Å². The molecule has 1 aromatic rings. The van der Waals surface area contributed by atoms with Gasteiger partial charge >= 0.3 is 0 Å². The molecule has 0 saturated carbocycles. The molecular formula is C18H26N2O2. The summed E-state index contributed by atoms with van der Waals surface area (Å²) in [6.45, 7) is 7.10. The number of carbonyl (C=O) groups excluding carboxylic acids is 2. The van der Waals surface area contributed by atoms with Crippen molar-refractivity contribution in [1.82, 2.24) is 9.80 Å². The monoisotopic (exact) mass is 302 g/mol. The molecule has 2 rings (SSSR count). The van der Waals surface area contributed by atoms with Crippen LogP contribution in [0.2, 0.25) is 0 Å². The third-order valence-corrected chi connectivity index (χ3v) is 4.93. The summed E-state index contributed by atoms with van der Waals surface area (Å²) < 4.78 is 0. The van der Waals surface area contributed by atoms with Crippen LogP contribution in [-0.2, 0) is 15.0 Å². The predicted molar refractivity (Wildman–Crippen MR) is 87.5 cm³/mol. The number of imide groups is 1. The lowest BCUT2D eigenvalue weighted by molar-refractivity contribution is -0.152. The lowest BCUT2D eigenvalue weighted by Gasteiger charge is -2.40. The van der Waals surface area contributed by atoms with E-state index in [0.717, 1.165) is 31.6 Å². The maximum absolute atomic E-state index is 12.9. The van der Waals surface area contributed by atoms with Crippen LogP contribution in [0.5, 0.6) is 0 Å². The van der Waals surface area contributed by atoms with Crippen molar-refractivity contribution < 1.29 is 9.59 Å². The van der Waals surface area contributed by atoms with Crippen LogP contribution in [0.3, 0.4) is 0 Å². The minimum atomic E-state index is -0.563. The fourth-order valence-corrected chi connectivity index (χ4v) is 3.32. The molecular weight excluding hydrogens is 276 g/mol. The van der Waals surface area contributed by atoms with E-state index in [2.05, 4.69) is 18.7 Å². The summed E-state index contributed by atoms with van der Waals surface area (Å²) >= 11 is 0. The van der Waals surface area contributed by atoms with E-state index in [1.54, 1.807) is 7.05 Å². The van der Waals surface area contributed by atoms with Gasteiger partial charge in [0, 0.05) is 13.5 Å². The largest absolute Gasteiger partial charge is 0.304 e. The molecule has 120 valence electrons. The summed E-state index contributed by atoms with van der Waals surface area (Å²) in [6, 6.07) is 9.94. The quantitative estimate of drug-likeness (QED) is 0.758. The zero-order chi connectivity index (χ0) is 16.2. The lowest BCUT2D eigenvalue weighted by Crippen LogP contribution is -2.53. The Hall–Kier alpha value is -1.68. The molecule has 1 heterocycles. The molecule has 0 N–H and O–H groups in total. The lowest BCUT2D eigenvalue weighted by atomic mass is 9.70. The molecule has 1 aliphatic heterocycles. The minimum Gasteiger partial charge on any atom is -0.304 e. The molecule has 1 saturated heterocycles. The van der Waals surface area contributed by atoms with Crippen molar-refractivity contribution in [2.75, 3.05) is 26.7 Å². The third kappa shape index (κ3) is 3.07. The number of hydrogen-bond donors (Lipinski definition) is 0. The summed E-state index contributed by atoms with van der Waals surface area (Å²) in [5.74, 6) is -0.124. The van der Waals surface area contributed by atoms with Crippen LogP contribution >= 0.6 is 0 Å². The van der Waals surface area contributed by atoms with Gasteiger partial charge in [0.15, 0.2) is 0 Å². The Kier molecular flexibility index (Phi) is 5.35. The van der Waals surface area contributed by atoms with Gasteiger partial charge < -0.3 is 4.90 Å². The maximum atomic E-state index is 12.9. The Morgan fingerprint density at radius 2 is 1.77 bits per heavy atom. The fourth-order valence-electron chi connectivity index (χ4n) is 3.32. The van der Waals surface area contributed by atoms with Crippen LogP contribution in [0.1, 0.15) is 38.7 Å². The second kappa shape index (κ2) is 7.05. The zero-order valence-corrected chi connectivity index (χ0v) is 13.8. The predicted octanol–water partition coefficient (Wildman–Crippen LogP) is 2.44. The first-order valence-electron chi connectivity index (χ1n) is 8.14. The highest BCUT2D eigenvalue weighted by molar-refractivity contribution is 6.03. The first-order chi connectivity index (χ1) is 10.5. The van der Waals surface area contributed by atoms with E-state index in [0.29, 0.717) is 12.8 Å². The average Bonchev–Trinajstić information content (AvgIpc) is 2.56. The highest BCUT2D eigenvalue weighted by Crippen LogP contribution is 2.38. The van der Waals surface area contributed by atoms with E-state index in [1.807, 2.05) is 30.3 Å². The fraction of sp³-hybridized carbons (Fsp3) is 0.556. The number of carbonyl (C=O) groups is 2. The molecule has 0 aliphatic carbocycles. The van der Waals surface area contributed by atoms with Crippen molar-refractivity contribution in [3.8, 4) is 0 Å². The molecule has 1 unspecified atom stereocenters. The summed E-state index contributed by atoms with van der Waals surface area (Å²) in [5, 5.41) is 0. The van der Waals surface area contributed by atoms with Crippen LogP contribution < -0.4 is 0 Å². The summed E-state index contributed by atoms with van der Waals surface area (Å²) in [6.07, 6.45) is 1.81. The number of nitrogens with zero attached hydrogens (tertiary/aromatic N) is 2. The van der Waals surface area contributed by atoms with Crippen molar-refractivity contribution in [2.24, 2.45) is 0 Å². The van der Waals surface area contributed by atoms with Gasteiger partial charge in [0.05, 0.1) is 5.41 Å². The van der Waals surface area contributed by atoms with Gasteiger partial charge in [-0.25, -0.2) is 0 Å². The first kappa shape index (κ1) is 16.7. The molecule has 1 aliphatic rings. The molecule has 0 bridgehead atoms. The second-order valence-corrected chi connectivity index (χ2v) is 5.98. The Morgan fingerprint density at radius 3 is 2.36 bits per heavy atom. The van der Waals surface area contributed by atoms with Gasteiger partial charge in [0.1, 0.15) is 0 Å². The van der Waals surface area contributed by atoms with Gasteiger partial charge in [-0.2, -0.15) is 0 Å². The van der Waals surface area contributed by atoms with E-state index in [1.165, 1.54) is 4.90 Å². The van der Waals surface area contributed by atoms with E-state index < -0.39 is 5.41 Å². The van der Waals surface area contributed by atoms with Crippen LogP contribution in [-0.4, -0.2) is 48.3 Å². The van der Waals surface area contributed by atoms with E-state index in [4.69, 9.17) is 0 Å². The molecule has 4 heteroatoms. The van der Waals surface area contributed by atoms with Crippen molar-refractivity contribution in [3.05, 3.63) is 35.9 Å². The standard InChI is InChI=1S/C18H26N2O2/c1-4-20(5-2)14-13-18(15-9-7-6-8-10-15)12-11-16(21)19(3)17(18)22/h6-10H,4-5,11-14H2,1-3H3. The Labute approximate surface area is 133 Å². The molecule has 0 spiro atoms. The van der Waals surface area contributed by atoms with Crippen LogP contribution in [0.15, 0.2) is 30.3 Å². The van der Waals surface area contributed by atoms with Crippen LogP contribution in [0.25, 0.3) is 0 Å². The number of amides is 2. The van der Waals surface area contributed by atoms with E-state index in [9.17, 15) is 9.59 Å². The summed E-state index contributed by atoms with van der Waals surface area (Å²) in [5.41, 5.74) is 0.471. The zero-order valence-electron chi connectivity index (χ0n) is 13.8. The number of likely N-dealkylation sites (tertiary alicyclic amines) is 1. The molecule has 1 atom stereocenters. The molecule has 22 heavy (non-hydrogen) atoms. The SMILES string of the molecule is CCN(CC)CCC1(c2ccccc2)CCC(=O)N(C)C1=O. The van der Waals surface area contributed by atoms with Gasteiger partial charge in [-0.1, -0.05) is 44.2 Å². The summed E-state index contributed by atoms with van der Waals surface area (Å²) in [4.78, 5) is 28.4. The van der Waals surface area contributed by atoms with Gasteiger partial charge in [0.2, 0.25) is 11.8 Å². The Bertz CT molecular complexity index is 525. The first-order valence-corrected chi connectivity index (χ1v) is 8.14. The number of benzene rings is 1. The van der Waals surface area contributed by atoms with Crippen molar-refractivity contribution in [3.63, 3.8) is 0 Å². The van der Waals surface area contributed by atoms with Gasteiger partial charge in [-0.15, -0.1) is 0 Å². The number of hydrogen-bond acceptors (Lipinski definition) is 3. The van der Waals surface area contributed by atoms with Crippen LogP contribution in [0, 0.1) is 0 Å². The summed E-state index contributed by atoms with van der Waals surface area (Å²) in [7, 11) is 1.61. The van der Waals surface area contributed by atoms with Crippen LogP contribution in [0.4, 0.5) is 0 Å². The highest BCUT2D eigenvalue weighted by Gasteiger charge is 2.46. The normalized spacial score (nSPS) is 22.5. The Morgan fingerprint density at radius 1 is 1.14 bits per heavy atom. The number of rotatable bonds is 6. The van der Waals surface area contributed by atoms with Gasteiger partial charge in [-0.3, -0.25) is 14.5 Å². The Balaban J connectivity index is 2.33. The minimum absolute atomic E-state index is 0.0536. The van der Waals surface area contributed by atoms with Crippen molar-refractivity contribution >= 4 is 11.8 Å². The molecule has 1 fully saturated rings. The number of piperidine rings is 1. The topological polar surface area (TPSA) is 40.6 Å². The van der Waals surface area contributed by atoms with Gasteiger partial charge in [-0.05, 0) is 38.0 Å². The average molecular weight is 302 g/mol.